The zero-order chi connectivity index (χ0) is 8.01. The van der Waals surface area contributed by atoms with Crippen molar-refractivity contribution in [2.45, 2.75) is 20.0 Å². The van der Waals surface area contributed by atoms with Crippen LogP contribution in [0.1, 0.15) is 34.8 Å². The van der Waals surface area contributed by atoms with Crippen LogP contribution < -0.4 is 0 Å². The fraction of sp³-hybridized carbons (Fsp3) is 0.429. The first-order valence-electron chi connectivity index (χ1n) is 3.46. The molecular weight excluding hydrogens is 144 g/mol. The van der Waals surface area contributed by atoms with Gasteiger partial charge in [-0.2, -0.15) is 5.10 Å². The molecule has 1 aromatic rings. The maximum absolute atomic E-state index is 11.1. The summed E-state index contributed by atoms with van der Waals surface area (Å²) in [6, 6.07) is 0. The summed E-state index contributed by atoms with van der Waals surface area (Å²) in [4.78, 5) is 11.1. The van der Waals surface area contributed by atoms with E-state index in [2.05, 4.69) is 10.2 Å². The third kappa shape index (κ3) is 0.691. The van der Waals surface area contributed by atoms with Crippen molar-refractivity contribution < 1.29 is 9.53 Å². The molecule has 0 spiro atoms. The summed E-state index contributed by atoms with van der Waals surface area (Å²) in [5, 5.41) is 6.71. The van der Waals surface area contributed by atoms with Gasteiger partial charge in [0.15, 0.2) is 0 Å². The maximum Gasteiger partial charge on any atom is 0.342 e. The van der Waals surface area contributed by atoms with Gasteiger partial charge >= 0.3 is 5.97 Å². The Balaban J connectivity index is 2.63. The van der Waals surface area contributed by atoms with E-state index in [1.807, 2.05) is 13.8 Å². The number of carbonyl (C=O) groups excluding carboxylic acids is 1. The standard InChI is InChI=1S/C7H8N2O2/c1-3-5-6(9-8-3)4(2)11-7(5)10/h4H,1-2H3,(H,8,9)/t4-/m0/s1. The number of cyclic esters (lactones) is 1. The van der Waals surface area contributed by atoms with Crippen LogP contribution in [0.2, 0.25) is 0 Å². The first-order valence-corrected chi connectivity index (χ1v) is 3.46. The van der Waals surface area contributed by atoms with Gasteiger partial charge in [0.05, 0.1) is 0 Å². The fourth-order valence-electron chi connectivity index (χ4n) is 1.28. The molecule has 1 atom stereocenters. The summed E-state index contributed by atoms with van der Waals surface area (Å²) in [5.74, 6) is -0.265. The van der Waals surface area contributed by atoms with Crippen molar-refractivity contribution in [1.82, 2.24) is 10.2 Å². The van der Waals surface area contributed by atoms with E-state index in [0.717, 1.165) is 11.4 Å². The number of aromatic amines is 1. The molecule has 1 aromatic heterocycles. The lowest BCUT2D eigenvalue weighted by atomic mass is 10.2. The summed E-state index contributed by atoms with van der Waals surface area (Å²) in [5.41, 5.74) is 2.12. The normalized spacial score (nSPS) is 21.6. The van der Waals surface area contributed by atoms with Crippen molar-refractivity contribution in [3.8, 4) is 0 Å². The molecule has 58 valence electrons. The minimum atomic E-state index is -0.265. The second-order valence-electron chi connectivity index (χ2n) is 2.66. The summed E-state index contributed by atoms with van der Waals surface area (Å²) in [7, 11) is 0. The van der Waals surface area contributed by atoms with Crippen LogP contribution in [0.4, 0.5) is 0 Å². The molecule has 0 saturated carbocycles. The van der Waals surface area contributed by atoms with E-state index >= 15 is 0 Å². The highest BCUT2D eigenvalue weighted by Crippen LogP contribution is 2.29. The molecule has 11 heavy (non-hydrogen) atoms. The molecule has 4 heteroatoms. The van der Waals surface area contributed by atoms with Crippen LogP contribution in [0.5, 0.6) is 0 Å². The van der Waals surface area contributed by atoms with E-state index in [0.29, 0.717) is 5.56 Å². The number of nitrogens with one attached hydrogen (secondary N) is 1. The summed E-state index contributed by atoms with van der Waals surface area (Å²) >= 11 is 0. The monoisotopic (exact) mass is 152 g/mol. The van der Waals surface area contributed by atoms with Crippen LogP contribution in [-0.4, -0.2) is 16.2 Å². The largest absolute Gasteiger partial charge is 0.452 e. The Labute approximate surface area is 63.6 Å². The van der Waals surface area contributed by atoms with Gasteiger partial charge in [0, 0.05) is 5.69 Å². The number of rotatable bonds is 0. The molecule has 4 nitrogen and oxygen atoms in total. The number of nitrogens with zero attached hydrogens (tertiary/aromatic N) is 1. The molecular formula is C7H8N2O2. The zero-order valence-corrected chi connectivity index (χ0v) is 6.34. The zero-order valence-electron chi connectivity index (χ0n) is 6.34. The lowest BCUT2D eigenvalue weighted by molar-refractivity contribution is 0.0413. The smallest absolute Gasteiger partial charge is 0.342 e. The van der Waals surface area contributed by atoms with Gasteiger partial charge in [0.2, 0.25) is 0 Å². The van der Waals surface area contributed by atoms with Gasteiger partial charge in [-0.05, 0) is 13.8 Å². The predicted molar refractivity (Wildman–Crippen MR) is 37.2 cm³/mol. The van der Waals surface area contributed by atoms with Gasteiger partial charge in [-0.3, -0.25) is 5.10 Å². The number of H-pyrrole nitrogens is 1. The third-order valence-electron chi connectivity index (χ3n) is 1.85. The molecule has 0 radical (unpaired) electrons. The summed E-state index contributed by atoms with van der Waals surface area (Å²) in [6.07, 6.45) is -0.192. The van der Waals surface area contributed by atoms with Crippen LogP contribution >= 0.6 is 0 Å². The Kier molecular flexibility index (Phi) is 1.07. The third-order valence-corrected chi connectivity index (χ3v) is 1.85. The van der Waals surface area contributed by atoms with Crippen molar-refractivity contribution in [1.29, 1.82) is 0 Å². The highest BCUT2D eigenvalue weighted by atomic mass is 16.5. The summed E-state index contributed by atoms with van der Waals surface area (Å²) < 4.78 is 4.93. The molecule has 0 fully saturated rings. The lowest BCUT2D eigenvalue weighted by Gasteiger charge is -1.98. The molecule has 0 unspecified atom stereocenters. The first kappa shape index (κ1) is 6.39. The predicted octanol–water partition coefficient (Wildman–Crippen LogP) is 0.950. The fourth-order valence-corrected chi connectivity index (χ4v) is 1.28. The minimum absolute atomic E-state index is 0.192. The van der Waals surface area contributed by atoms with Gasteiger partial charge in [0.1, 0.15) is 17.4 Å². The molecule has 0 bridgehead atoms. The van der Waals surface area contributed by atoms with Gasteiger partial charge < -0.3 is 4.74 Å². The topological polar surface area (TPSA) is 55.0 Å². The molecule has 0 aromatic carbocycles. The average molecular weight is 152 g/mol. The minimum Gasteiger partial charge on any atom is -0.452 e. The van der Waals surface area contributed by atoms with Crippen molar-refractivity contribution in [2.75, 3.05) is 0 Å². The quantitative estimate of drug-likeness (QED) is 0.563. The lowest BCUT2D eigenvalue weighted by Crippen LogP contribution is -1.97. The number of aryl methyl sites for hydroxylation is 1. The molecule has 1 aliphatic rings. The van der Waals surface area contributed by atoms with Gasteiger partial charge in [0.25, 0.3) is 0 Å². The molecule has 1 aliphatic heterocycles. The van der Waals surface area contributed by atoms with Crippen LogP contribution in [0, 0.1) is 6.92 Å². The van der Waals surface area contributed by atoms with Crippen LogP contribution in [-0.2, 0) is 4.74 Å². The Morgan fingerprint density at radius 2 is 2.36 bits per heavy atom. The number of fused-ring (bicyclic) bond motifs is 1. The maximum atomic E-state index is 11.1. The van der Waals surface area contributed by atoms with Crippen LogP contribution in [0.25, 0.3) is 0 Å². The average Bonchev–Trinajstić information content (AvgIpc) is 2.41. The van der Waals surface area contributed by atoms with E-state index in [-0.39, 0.29) is 12.1 Å². The Morgan fingerprint density at radius 1 is 1.64 bits per heavy atom. The molecule has 2 heterocycles. The molecule has 2 rings (SSSR count). The van der Waals surface area contributed by atoms with E-state index < -0.39 is 0 Å². The van der Waals surface area contributed by atoms with E-state index in [9.17, 15) is 4.79 Å². The Bertz CT molecular complexity index is 316. The number of carbonyl (C=O) groups is 1. The number of ether oxygens (including phenoxy) is 1. The number of aromatic nitrogens is 2. The van der Waals surface area contributed by atoms with E-state index in [1.165, 1.54) is 0 Å². The van der Waals surface area contributed by atoms with Crippen molar-refractivity contribution in [2.24, 2.45) is 0 Å². The second kappa shape index (κ2) is 1.84. The van der Waals surface area contributed by atoms with Gasteiger partial charge in [-0.15, -0.1) is 0 Å². The van der Waals surface area contributed by atoms with Gasteiger partial charge in [-0.25, -0.2) is 4.79 Å². The summed E-state index contributed by atoms with van der Waals surface area (Å²) in [6.45, 7) is 3.62. The Hall–Kier alpha value is -1.32. The van der Waals surface area contributed by atoms with Crippen LogP contribution in [0.15, 0.2) is 0 Å². The van der Waals surface area contributed by atoms with E-state index in [4.69, 9.17) is 4.74 Å². The molecule has 0 amide bonds. The van der Waals surface area contributed by atoms with Gasteiger partial charge in [-0.1, -0.05) is 0 Å². The highest BCUT2D eigenvalue weighted by molar-refractivity contribution is 5.94. The van der Waals surface area contributed by atoms with Crippen molar-refractivity contribution >= 4 is 5.97 Å². The molecule has 0 aliphatic carbocycles. The van der Waals surface area contributed by atoms with Crippen molar-refractivity contribution in [3.63, 3.8) is 0 Å². The highest BCUT2D eigenvalue weighted by Gasteiger charge is 2.32. The van der Waals surface area contributed by atoms with E-state index in [1.54, 1.807) is 0 Å². The first-order chi connectivity index (χ1) is 5.20. The van der Waals surface area contributed by atoms with Crippen LogP contribution in [0.3, 0.4) is 0 Å². The molecule has 1 N–H and O–H groups in total. The number of hydrogen-bond donors (Lipinski definition) is 1. The SMILES string of the molecule is Cc1[nH]nc2c1C(=O)O[C@H]2C. The molecule has 0 saturated heterocycles. The Morgan fingerprint density at radius 3 is 3.00 bits per heavy atom. The number of esters is 1. The number of hydrogen-bond acceptors (Lipinski definition) is 3. The second-order valence-corrected chi connectivity index (χ2v) is 2.66. The van der Waals surface area contributed by atoms with Crippen molar-refractivity contribution in [3.05, 3.63) is 17.0 Å².